The second-order valence-electron chi connectivity index (χ2n) is 5.75. The van der Waals surface area contributed by atoms with Gasteiger partial charge in [-0.25, -0.2) is 4.79 Å². The van der Waals surface area contributed by atoms with Gasteiger partial charge in [0.25, 0.3) is 0 Å². The number of carbonyl (C=O) groups excluding carboxylic acids is 1. The molecule has 0 fully saturated rings. The quantitative estimate of drug-likeness (QED) is 0.836. The molecule has 4 nitrogen and oxygen atoms in total. The van der Waals surface area contributed by atoms with Gasteiger partial charge >= 0.3 is 6.09 Å². The second-order valence-corrected chi connectivity index (χ2v) is 7.10. The molecular formula is C15H21NO3S. The highest BCUT2D eigenvalue weighted by atomic mass is 32.2. The maximum Gasteiger partial charge on any atom is 0.414 e. The molecular weight excluding hydrogens is 274 g/mol. The Labute approximate surface area is 124 Å². The Kier molecular flexibility index (Phi) is 4.60. The van der Waals surface area contributed by atoms with E-state index in [1.165, 1.54) is 0 Å². The Morgan fingerprint density at radius 2 is 2.10 bits per heavy atom. The monoisotopic (exact) mass is 295 g/mol. The van der Waals surface area contributed by atoms with Crippen molar-refractivity contribution < 1.29 is 14.3 Å². The molecule has 0 saturated carbocycles. The van der Waals surface area contributed by atoms with Crippen LogP contribution >= 0.6 is 11.8 Å². The number of rotatable bonds is 2. The summed E-state index contributed by atoms with van der Waals surface area (Å²) >= 11 is 1.75. The molecule has 1 aromatic rings. The van der Waals surface area contributed by atoms with Gasteiger partial charge < -0.3 is 9.47 Å². The number of anilines is 1. The lowest BCUT2D eigenvalue weighted by Gasteiger charge is -2.34. The van der Waals surface area contributed by atoms with Gasteiger partial charge in [0, 0.05) is 18.6 Å². The van der Waals surface area contributed by atoms with E-state index in [9.17, 15) is 4.79 Å². The van der Waals surface area contributed by atoms with Gasteiger partial charge in [-0.1, -0.05) is 12.1 Å². The highest BCUT2D eigenvalue weighted by molar-refractivity contribution is 8.00. The number of ether oxygens (including phenoxy) is 2. The summed E-state index contributed by atoms with van der Waals surface area (Å²) in [6, 6.07) is 7.90. The zero-order chi connectivity index (χ0) is 14.8. The van der Waals surface area contributed by atoms with E-state index >= 15 is 0 Å². The summed E-state index contributed by atoms with van der Waals surface area (Å²) in [4.78, 5) is 15.2. The van der Waals surface area contributed by atoms with Crippen molar-refractivity contribution in [2.24, 2.45) is 0 Å². The fourth-order valence-corrected chi connectivity index (χ4v) is 3.30. The van der Waals surface area contributed by atoms with Crippen molar-refractivity contribution in [3.8, 4) is 0 Å². The number of para-hydroxylation sites is 1. The van der Waals surface area contributed by atoms with E-state index in [0.717, 1.165) is 10.6 Å². The summed E-state index contributed by atoms with van der Waals surface area (Å²) in [5, 5.41) is 0.224. The number of methoxy groups -OCH3 is 1. The van der Waals surface area contributed by atoms with Crippen LogP contribution in [-0.2, 0) is 9.47 Å². The van der Waals surface area contributed by atoms with Gasteiger partial charge in [-0.2, -0.15) is 0 Å². The van der Waals surface area contributed by atoms with Crippen molar-refractivity contribution >= 4 is 23.5 Å². The molecule has 20 heavy (non-hydrogen) atoms. The van der Waals surface area contributed by atoms with Gasteiger partial charge in [0.05, 0.1) is 17.5 Å². The first-order chi connectivity index (χ1) is 9.40. The lowest BCUT2D eigenvalue weighted by molar-refractivity contribution is 0.0576. The first kappa shape index (κ1) is 15.2. The van der Waals surface area contributed by atoms with E-state index in [1.807, 2.05) is 45.0 Å². The van der Waals surface area contributed by atoms with E-state index in [2.05, 4.69) is 0 Å². The SMILES string of the molecule is COC[C@H]1CN(C(=O)OC(C)(C)C)c2ccccc2S1. The molecule has 1 aliphatic rings. The Morgan fingerprint density at radius 3 is 2.75 bits per heavy atom. The number of carbonyl (C=O) groups is 1. The standard InChI is InChI=1S/C15H21NO3S/c1-15(2,3)19-14(17)16-9-11(10-18-4)20-13-8-6-5-7-12(13)16/h5-8,11H,9-10H2,1-4H3/t11-/m1/s1. The predicted octanol–water partition coefficient (Wildman–Crippen LogP) is 3.55. The van der Waals surface area contributed by atoms with Gasteiger partial charge in [0.15, 0.2) is 0 Å². The number of hydrogen-bond acceptors (Lipinski definition) is 4. The number of fused-ring (bicyclic) bond motifs is 1. The molecule has 1 aliphatic heterocycles. The molecule has 0 aromatic heterocycles. The molecule has 0 saturated heterocycles. The van der Waals surface area contributed by atoms with Crippen molar-refractivity contribution in [1.29, 1.82) is 0 Å². The molecule has 0 spiro atoms. The van der Waals surface area contributed by atoms with E-state index in [1.54, 1.807) is 23.8 Å². The van der Waals surface area contributed by atoms with Crippen molar-refractivity contribution in [3.63, 3.8) is 0 Å². The molecule has 0 bridgehead atoms. The van der Waals surface area contributed by atoms with E-state index in [-0.39, 0.29) is 11.3 Å². The zero-order valence-corrected chi connectivity index (χ0v) is 13.2. The maximum atomic E-state index is 12.4. The zero-order valence-electron chi connectivity index (χ0n) is 12.4. The van der Waals surface area contributed by atoms with Crippen molar-refractivity contribution in [3.05, 3.63) is 24.3 Å². The van der Waals surface area contributed by atoms with Gasteiger partial charge in [0.2, 0.25) is 0 Å². The fraction of sp³-hybridized carbons (Fsp3) is 0.533. The van der Waals surface area contributed by atoms with Crippen LogP contribution in [0.4, 0.5) is 10.5 Å². The Morgan fingerprint density at radius 1 is 1.40 bits per heavy atom. The largest absolute Gasteiger partial charge is 0.443 e. The van der Waals surface area contributed by atoms with Crippen LogP contribution in [0.25, 0.3) is 0 Å². The number of thioether (sulfide) groups is 1. The third kappa shape index (κ3) is 3.67. The van der Waals surface area contributed by atoms with Crippen LogP contribution in [0.15, 0.2) is 29.2 Å². The molecule has 0 aliphatic carbocycles. The normalized spacial score (nSPS) is 18.6. The molecule has 1 heterocycles. The summed E-state index contributed by atoms with van der Waals surface area (Å²) < 4.78 is 10.7. The first-order valence-electron chi connectivity index (χ1n) is 6.66. The van der Waals surface area contributed by atoms with Crippen molar-refractivity contribution in [2.45, 2.75) is 36.5 Å². The predicted molar refractivity (Wildman–Crippen MR) is 81.5 cm³/mol. The number of nitrogens with zero attached hydrogens (tertiary/aromatic N) is 1. The molecule has 0 unspecified atom stereocenters. The fourth-order valence-electron chi connectivity index (χ4n) is 2.06. The molecule has 0 radical (unpaired) electrons. The lowest BCUT2D eigenvalue weighted by atomic mass is 10.2. The Balaban J connectivity index is 2.24. The molecule has 0 N–H and O–H groups in total. The Bertz CT molecular complexity index is 484. The van der Waals surface area contributed by atoms with Crippen LogP contribution in [0, 0.1) is 0 Å². The van der Waals surface area contributed by atoms with Gasteiger partial charge in [0.1, 0.15) is 5.60 Å². The summed E-state index contributed by atoms with van der Waals surface area (Å²) in [5.41, 5.74) is 0.423. The lowest BCUT2D eigenvalue weighted by Crippen LogP contribution is -2.43. The van der Waals surface area contributed by atoms with E-state index < -0.39 is 5.60 Å². The minimum Gasteiger partial charge on any atom is -0.443 e. The van der Waals surface area contributed by atoms with Crippen LogP contribution in [0.3, 0.4) is 0 Å². The smallest absolute Gasteiger partial charge is 0.414 e. The number of hydrogen-bond donors (Lipinski definition) is 0. The summed E-state index contributed by atoms with van der Waals surface area (Å²) in [7, 11) is 1.68. The Hall–Kier alpha value is -1.20. The summed E-state index contributed by atoms with van der Waals surface area (Å²) in [6.45, 7) is 6.84. The van der Waals surface area contributed by atoms with Gasteiger partial charge in [-0.05, 0) is 32.9 Å². The molecule has 1 amide bonds. The third-order valence-corrected chi connectivity index (χ3v) is 4.02. The highest BCUT2D eigenvalue weighted by Gasteiger charge is 2.31. The van der Waals surface area contributed by atoms with Crippen LogP contribution in [0.1, 0.15) is 20.8 Å². The van der Waals surface area contributed by atoms with Crippen LogP contribution in [0.2, 0.25) is 0 Å². The first-order valence-corrected chi connectivity index (χ1v) is 7.54. The molecule has 5 heteroatoms. The highest BCUT2D eigenvalue weighted by Crippen LogP contribution is 2.38. The van der Waals surface area contributed by atoms with E-state index in [0.29, 0.717) is 13.2 Å². The molecule has 2 rings (SSSR count). The van der Waals surface area contributed by atoms with Crippen LogP contribution in [0.5, 0.6) is 0 Å². The molecule has 110 valence electrons. The van der Waals surface area contributed by atoms with E-state index in [4.69, 9.17) is 9.47 Å². The minimum atomic E-state index is -0.493. The number of benzene rings is 1. The average Bonchev–Trinajstić information content (AvgIpc) is 2.36. The topological polar surface area (TPSA) is 38.8 Å². The second kappa shape index (κ2) is 6.06. The summed E-state index contributed by atoms with van der Waals surface area (Å²) in [6.07, 6.45) is -0.300. The number of amides is 1. The molecule has 1 atom stereocenters. The van der Waals surface area contributed by atoms with Crippen LogP contribution in [-0.4, -0.2) is 37.2 Å². The minimum absolute atomic E-state index is 0.224. The van der Waals surface area contributed by atoms with Crippen molar-refractivity contribution in [1.82, 2.24) is 0 Å². The maximum absolute atomic E-state index is 12.4. The van der Waals surface area contributed by atoms with Gasteiger partial charge in [-0.15, -0.1) is 11.8 Å². The third-order valence-electron chi connectivity index (χ3n) is 2.80. The average molecular weight is 295 g/mol. The molecule has 1 aromatic carbocycles. The van der Waals surface area contributed by atoms with Crippen LogP contribution < -0.4 is 4.90 Å². The van der Waals surface area contributed by atoms with Gasteiger partial charge in [-0.3, -0.25) is 4.90 Å². The van der Waals surface area contributed by atoms with Crippen molar-refractivity contribution in [2.75, 3.05) is 25.2 Å². The summed E-state index contributed by atoms with van der Waals surface area (Å²) in [5.74, 6) is 0.